The molecule has 1 fully saturated rings. The lowest BCUT2D eigenvalue weighted by atomic mass is 9.57. The number of fused-ring (bicyclic) bond motifs is 2. The number of aliphatic hydroxyl groups is 1. The summed E-state index contributed by atoms with van der Waals surface area (Å²) >= 11 is 0. The summed E-state index contributed by atoms with van der Waals surface area (Å²) in [7, 11) is 0. The zero-order valence-corrected chi connectivity index (χ0v) is 23.4. The fraction of sp³-hybridized carbons (Fsp3) is 0.688. The Bertz CT molecular complexity index is 1080. The maximum Gasteiger partial charge on any atom is 0.334 e. The Morgan fingerprint density at radius 2 is 1.86 bits per heavy atom. The second-order valence-corrected chi connectivity index (χ2v) is 12.3. The Labute approximate surface area is 222 Å². The molecular weight excluding hydrogens is 462 g/mol. The molecule has 4 heterocycles. The van der Waals surface area contributed by atoms with Crippen LogP contribution in [0.2, 0.25) is 0 Å². The van der Waals surface area contributed by atoms with E-state index in [4.69, 9.17) is 14.5 Å². The molecule has 0 amide bonds. The van der Waals surface area contributed by atoms with Crippen LogP contribution in [-0.2, 0) is 14.3 Å². The van der Waals surface area contributed by atoms with Gasteiger partial charge >= 0.3 is 5.97 Å². The summed E-state index contributed by atoms with van der Waals surface area (Å²) < 4.78 is 12.2. The molecule has 202 valence electrons. The Balaban J connectivity index is 1.55. The van der Waals surface area contributed by atoms with Gasteiger partial charge in [0.1, 0.15) is 6.10 Å². The third-order valence-electron chi connectivity index (χ3n) is 9.87. The number of esters is 1. The number of carbonyl (C=O) groups excluding carboxylic acids is 1. The Hall–Kier alpha value is -1.98. The van der Waals surface area contributed by atoms with Crippen molar-refractivity contribution in [3.63, 3.8) is 0 Å². The van der Waals surface area contributed by atoms with Crippen LogP contribution >= 0.6 is 0 Å². The van der Waals surface area contributed by atoms with Crippen molar-refractivity contribution >= 4 is 11.7 Å². The highest BCUT2D eigenvalue weighted by molar-refractivity contribution is 5.93. The molecule has 5 aliphatic rings. The van der Waals surface area contributed by atoms with Gasteiger partial charge in [0.25, 0.3) is 0 Å². The van der Waals surface area contributed by atoms with Gasteiger partial charge in [-0.1, -0.05) is 24.6 Å². The van der Waals surface area contributed by atoms with E-state index in [1.54, 1.807) is 0 Å². The van der Waals surface area contributed by atoms with Crippen molar-refractivity contribution in [2.24, 2.45) is 22.2 Å². The van der Waals surface area contributed by atoms with Crippen molar-refractivity contribution in [2.45, 2.75) is 117 Å². The molecule has 5 rings (SSSR count). The molecule has 0 aromatic rings. The van der Waals surface area contributed by atoms with Gasteiger partial charge in [0.2, 0.25) is 0 Å². The number of ether oxygens (including phenoxy) is 2. The fourth-order valence-electron chi connectivity index (χ4n) is 7.70. The van der Waals surface area contributed by atoms with Crippen molar-refractivity contribution in [3.8, 4) is 0 Å². The Morgan fingerprint density at radius 1 is 1.05 bits per heavy atom. The molecule has 4 aliphatic heterocycles. The number of nitrogens with zero attached hydrogens (tertiary/aromatic N) is 1. The van der Waals surface area contributed by atoms with E-state index in [0.29, 0.717) is 17.9 Å². The Morgan fingerprint density at radius 3 is 2.62 bits per heavy atom. The first-order valence-corrected chi connectivity index (χ1v) is 14.5. The SMILES string of the molecule is CC1=C[C@@H](C2=C(C)[C@@H]3/C=C(\C)[C@@H](O)CC[C@@H]4C[C@@H](C)[C@@H](O4)C(C)=CCCC4=NCCC[C@@]43CC2)OC1=O. The van der Waals surface area contributed by atoms with Gasteiger partial charge in [0.05, 0.1) is 18.3 Å². The van der Waals surface area contributed by atoms with Crippen molar-refractivity contribution in [2.75, 3.05) is 6.54 Å². The van der Waals surface area contributed by atoms with E-state index in [-0.39, 0.29) is 35.6 Å². The second-order valence-electron chi connectivity index (χ2n) is 12.3. The summed E-state index contributed by atoms with van der Waals surface area (Å²) in [5.41, 5.74) is 6.92. The quantitative estimate of drug-likeness (QED) is 0.328. The molecule has 0 radical (unpaired) electrons. The van der Waals surface area contributed by atoms with Gasteiger partial charge in [-0.15, -0.1) is 0 Å². The minimum Gasteiger partial charge on any atom is -0.450 e. The number of hydrogen-bond acceptors (Lipinski definition) is 5. The van der Waals surface area contributed by atoms with Crippen molar-refractivity contribution in [1.29, 1.82) is 0 Å². The van der Waals surface area contributed by atoms with E-state index in [1.807, 2.05) is 13.0 Å². The maximum absolute atomic E-state index is 12.2. The number of cyclic esters (lactones) is 1. The van der Waals surface area contributed by atoms with E-state index >= 15 is 0 Å². The molecule has 2 bridgehead atoms. The summed E-state index contributed by atoms with van der Waals surface area (Å²) in [6.07, 6.45) is 15.1. The van der Waals surface area contributed by atoms with E-state index in [9.17, 15) is 9.90 Å². The molecule has 5 nitrogen and oxygen atoms in total. The smallest absolute Gasteiger partial charge is 0.334 e. The minimum atomic E-state index is -0.481. The lowest BCUT2D eigenvalue weighted by Gasteiger charge is -2.48. The number of hydrogen-bond donors (Lipinski definition) is 1. The second kappa shape index (κ2) is 10.6. The van der Waals surface area contributed by atoms with Gasteiger partial charge in [-0.25, -0.2) is 4.79 Å². The first-order chi connectivity index (χ1) is 17.7. The Kier molecular flexibility index (Phi) is 7.66. The van der Waals surface area contributed by atoms with Gasteiger partial charge in [0, 0.05) is 29.2 Å². The predicted molar refractivity (Wildman–Crippen MR) is 147 cm³/mol. The van der Waals surface area contributed by atoms with Crippen LogP contribution < -0.4 is 0 Å². The summed E-state index contributed by atoms with van der Waals surface area (Å²) in [4.78, 5) is 17.4. The molecule has 0 aromatic carbocycles. The summed E-state index contributed by atoms with van der Waals surface area (Å²) in [6, 6.07) is 0. The molecule has 5 heteroatoms. The zero-order chi connectivity index (χ0) is 26.3. The number of allylic oxidation sites excluding steroid dienone is 3. The van der Waals surface area contributed by atoms with E-state index in [1.165, 1.54) is 22.4 Å². The lowest BCUT2D eigenvalue weighted by molar-refractivity contribution is -0.138. The van der Waals surface area contributed by atoms with E-state index in [2.05, 4.69) is 39.8 Å². The predicted octanol–water partition coefficient (Wildman–Crippen LogP) is 6.43. The molecule has 37 heavy (non-hydrogen) atoms. The summed E-state index contributed by atoms with van der Waals surface area (Å²) in [5.74, 6) is 0.459. The highest BCUT2D eigenvalue weighted by Gasteiger charge is 2.48. The molecule has 1 aliphatic carbocycles. The van der Waals surface area contributed by atoms with Crippen LogP contribution in [0.15, 0.2) is 51.1 Å². The van der Waals surface area contributed by atoms with Crippen LogP contribution in [0.3, 0.4) is 0 Å². The van der Waals surface area contributed by atoms with Crippen molar-refractivity contribution < 1.29 is 19.4 Å². The molecular formula is C32H45NO4. The average Bonchev–Trinajstić information content (AvgIpc) is 3.41. The summed E-state index contributed by atoms with van der Waals surface area (Å²) in [6.45, 7) is 11.6. The summed E-state index contributed by atoms with van der Waals surface area (Å²) in [5, 5.41) is 11.2. The van der Waals surface area contributed by atoms with Gasteiger partial charge < -0.3 is 14.6 Å². The highest BCUT2D eigenvalue weighted by atomic mass is 16.5. The van der Waals surface area contributed by atoms with Crippen molar-refractivity contribution in [1.82, 2.24) is 0 Å². The monoisotopic (exact) mass is 507 g/mol. The van der Waals surface area contributed by atoms with Crippen molar-refractivity contribution in [3.05, 3.63) is 46.1 Å². The first-order valence-electron chi connectivity index (χ1n) is 14.5. The van der Waals surface area contributed by atoms with Crippen LogP contribution in [-0.4, -0.2) is 47.7 Å². The topological polar surface area (TPSA) is 68.1 Å². The molecule has 1 spiro atoms. The van der Waals surface area contributed by atoms with Gasteiger partial charge in [-0.2, -0.15) is 0 Å². The molecule has 1 saturated heterocycles. The van der Waals surface area contributed by atoms with Crippen LogP contribution in [0, 0.1) is 17.3 Å². The average molecular weight is 508 g/mol. The maximum atomic E-state index is 12.2. The van der Waals surface area contributed by atoms with Crippen LogP contribution in [0.5, 0.6) is 0 Å². The normalized spacial score (nSPS) is 40.8. The molecule has 1 N–H and O–H groups in total. The minimum absolute atomic E-state index is 0.0289. The third-order valence-corrected chi connectivity index (χ3v) is 9.87. The third kappa shape index (κ3) is 5.06. The van der Waals surface area contributed by atoms with Gasteiger partial charge in [-0.3, -0.25) is 4.99 Å². The van der Waals surface area contributed by atoms with Crippen LogP contribution in [0.1, 0.15) is 92.4 Å². The standard InChI is InChI=1S/C32H45NO4/c1-19-8-6-9-29-32(13-7-15-33-29)14-12-25(28-18-22(4)31(35)37-28)23(5)26(32)17-20(2)27(34)11-10-24-16-21(3)30(19)36-24/h8,17-18,21,24,26-28,30,34H,6-7,9-16H2,1-5H3/b19-8?,20-17+/t21-,24-,26+,27+,28+,30+,32+/m1/s1. The van der Waals surface area contributed by atoms with E-state index < -0.39 is 6.10 Å². The first kappa shape index (κ1) is 26.6. The highest BCUT2D eigenvalue weighted by Crippen LogP contribution is 2.53. The zero-order valence-electron chi connectivity index (χ0n) is 23.4. The van der Waals surface area contributed by atoms with Crippen LogP contribution in [0.4, 0.5) is 0 Å². The largest absolute Gasteiger partial charge is 0.450 e. The van der Waals surface area contributed by atoms with Crippen LogP contribution in [0.25, 0.3) is 0 Å². The van der Waals surface area contributed by atoms with Gasteiger partial charge in [0.15, 0.2) is 0 Å². The number of rotatable bonds is 1. The van der Waals surface area contributed by atoms with E-state index in [0.717, 1.165) is 63.5 Å². The molecule has 0 aromatic heterocycles. The van der Waals surface area contributed by atoms with Gasteiger partial charge in [-0.05, 0) is 114 Å². The molecule has 7 atom stereocenters. The molecule has 0 saturated carbocycles. The molecule has 0 unspecified atom stereocenters. The lowest BCUT2D eigenvalue weighted by Crippen LogP contribution is -2.44. The fourth-order valence-corrected chi connectivity index (χ4v) is 7.70. The number of aliphatic hydroxyl groups excluding tert-OH is 1. The number of aliphatic imine (C=N–C) groups is 1. The number of carbonyl (C=O) groups is 1.